The standard InChI is InChI=1S/C30H18IN/c31-19-13-15-20(16-14-19)32-28-12-6-5-10-24(28)27-18-17-26-23-9-2-1-7-21(23)22-8-3-4-11-25(22)29(26)30(27)32/h1-18H. The minimum atomic E-state index is 1.20. The van der Waals surface area contributed by atoms with E-state index in [-0.39, 0.29) is 0 Å². The minimum absolute atomic E-state index is 1.20. The summed E-state index contributed by atoms with van der Waals surface area (Å²) >= 11 is 2.38. The summed E-state index contributed by atoms with van der Waals surface area (Å²) < 4.78 is 3.69. The van der Waals surface area contributed by atoms with Crippen molar-refractivity contribution in [2.75, 3.05) is 0 Å². The Bertz CT molecular complexity index is 1790. The predicted molar refractivity (Wildman–Crippen MR) is 146 cm³/mol. The van der Waals surface area contributed by atoms with Crippen molar-refractivity contribution in [3.63, 3.8) is 0 Å². The molecule has 0 aliphatic rings. The average Bonchev–Trinajstić information content (AvgIpc) is 3.19. The van der Waals surface area contributed by atoms with Gasteiger partial charge in [0.2, 0.25) is 0 Å². The Morgan fingerprint density at radius 1 is 0.438 bits per heavy atom. The zero-order valence-corrected chi connectivity index (χ0v) is 19.4. The van der Waals surface area contributed by atoms with Gasteiger partial charge in [-0.05, 0) is 79.9 Å². The number of fused-ring (bicyclic) bond motifs is 10. The quantitative estimate of drug-likeness (QED) is 0.151. The summed E-state index contributed by atoms with van der Waals surface area (Å²) in [4.78, 5) is 0. The van der Waals surface area contributed by atoms with Gasteiger partial charge in [0.1, 0.15) is 0 Å². The van der Waals surface area contributed by atoms with Gasteiger partial charge in [-0.15, -0.1) is 0 Å². The Balaban J connectivity index is 1.83. The van der Waals surface area contributed by atoms with E-state index in [1.54, 1.807) is 0 Å². The van der Waals surface area contributed by atoms with Crippen LogP contribution in [0.4, 0.5) is 0 Å². The van der Waals surface area contributed by atoms with E-state index < -0.39 is 0 Å². The molecule has 1 heterocycles. The first-order valence-corrected chi connectivity index (χ1v) is 11.9. The summed E-state index contributed by atoms with van der Waals surface area (Å²) in [5.41, 5.74) is 3.72. The Morgan fingerprint density at radius 3 is 1.62 bits per heavy atom. The van der Waals surface area contributed by atoms with Crippen molar-refractivity contribution in [3.8, 4) is 5.69 Å². The smallest absolute Gasteiger partial charge is 0.0625 e. The van der Waals surface area contributed by atoms with Crippen molar-refractivity contribution in [2.45, 2.75) is 0 Å². The molecule has 2 heteroatoms. The van der Waals surface area contributed by atoms with Crippen molar-refractivity contribution in [2.24, 2.45) is 0 Å². The second-order valence-electron chi connectivity index (χ2n) is 8.30. The molecule has 32 heavy (non-hydrogen) atoms. The molecule has 0 atom stereocenters. The molecule has 0 bridgehead atoms. The van der Waals surface area contributed by atoms with Crippen LogP contribution in [-0.4, -0.2) is 4.57 Å². The number of rotatable bonds is 1. The predicted octanol–water partition coefficient (Wildman–Crippen LogP) is 8.85. The molecule has 0 fully saturated rings. The van der Waals surface area contributed by atoms with Crippen LogP contribution in [0.5, 0.6) is 0 Å². The van der Waals surface area contributed by atoms with Gasteiger partial charge in [-0.25, -0.2) is 0 Å². The number of hydrogen-bond acceptors (Lipinski definition) is 0. The van der Waals surface area contributed by atoms with Gasteiger partial charge in [-0.1, -0.05) is 78.9 Å². The molecule has 0 N–H and O–H groups in total. The van der Waals surface area contributed by atoms with Gasteiger partial charge in [0.05, 0.1) is 11.0 Å². The Labute approximate surface area is 199 Å². The third-order valence-electron chi connectivity index (χ3n) is 6.63. The molecule has 0 aliphatic heterocycles. The molecule has 0 unspecified atom stereocenters. The summed E-state index contributed by atoms with van der Waals surface area (Å²) in [6.45, 7) is 0. The highest BCUT2D eigenvalue weighted by Crippen LogP contribution is 2.42. The van der Waals surface area contributed by atoms with Gasteiger partial charge in [0.25, 0.3) is 0 Å². The van der Waals surface area contributed by atoms with E-state index in [2.05, 4.69) is 136 Å². The first-order valence-electron chi connectivity index (χ1n) is 10.8. The van der Waals surface area contributed by atoms with Crippen LogP contribution in [0.2, 0.25) is 0 Å². The highest BCUT2D eigenvalue weighted by atomic mass is 127. The number of halogens is 1. The van der Waals surface area contributed by atoms with Gasteiger partial charge in [0.15, 0.2) is 0 Å². The van der Waals surface area contributed by atoms with Crippen LogP contribution >= 0.6 is 22.6 Å². The maximum atomic E-state index is 2.45. The SMILES string of the molecule is Ic1ccc(-n2c3ccccc3c3ccc4c5ccccc5c5ccccc5c4c32)cc1. The zero-order chi connectivity index (χ0) is 21.2. The van der Waals surface area contributed by atoms with Gasteiger partial charge in [-0.2, -0.15) is 0 Å². The highest BCUT2D eigenvalue weighted by molar-refractivity contribution is 14.1. The number of hydrogen-bond donors (Lipinski definition) is 0. The Morgan fingerprint density at radius 2 is 0.938 bits per heavy atom. The molecular formula is C30H18IN. The first-order chi connectivity index (χ1) is 15.8. The van der Waals surface area contributed by atoms with Crippen LogP contribution in [0, 0.1) is 3.57 Å². The second-order valence-corrected chi connectivity index (χ2v) is 9.55. The maximum absolute atomic E-state index is 2.45. The fraction of sp³-hybridized carbons (Fsp3) is 0. The largest absolute Gasteiger partial charge is 0.309 e. The molecule has 0 amide bonds. The van der Waals surface area contributed by atoms with Crippen molar-refractivity contribution >= 4 is 76.7 Å². The van der Waals surface area contributed by atoms with Gasteiger partial charge in [-0.3, -0.25) is 0 Å². The summed E-state index contributed by atoms with van der Waals surface area (Å²) in [5.74, 6) is 0. The lowest BCUT2D eigenvalue weighted by Crippen LogP contribution is -1.95. The lowest BCUT2D eigenvalue weighted by atomic mass is 9.93. The van der Waals surface area contributed by atoms with Crippen molar-refractivity contribution in [1.82, 2.24) is 4.57 Å². The molecule has 6 aromatic carbocycles. The van der Waals surface area contributed by atoms with E-state index in [9.17, 15) is 0 Å². The fourth-order valence-corrected chi connectivity index (χ4v) is 5.66. The molecule has 0 radical (unpaired) electrons. The molecule has 1 aromatic heterocycles. The third kappa shape index (κ3) is 2.44. The molecular weight excluding hydrogens is 501 g/mol. The van der Waals surface area contributed by atoms with Crippen molar-refractivity contribution in [3.05, 3.63) is 113 Å². The normalized spacial score (nSPS) is 11.9. The van der Waals surface area contributed by atoms with Crippen molar-refractivity contribution < 1.29 is 0 Å². The van der Waals surface area contributed by atoms with Crippen molar-refractivity contribution in [1.29, 1.82) is 0 Å². The number of aromatic nitrogens is 1. The average molecular weight is 519 g/mol. The van der Waals surface area contributed by atoms with Crippen LogP contribution in [0.25, 0.3) is 59.8 Å². The van der Waals surface area contributed by atoms with E-state index >= 15 is 0 Å². The maximum Gasteiger partial charge on any atom is 0.0625 e. The Hall–Kier alpha value is -3.37. The molecule has 0 saturated heterocycles. The number of para-hydroxylation sites is 1. The number of benzene rings is 6. The van der Waals surface area contributed by atoms with E-state index in [1.165, 1.54) is 63.4 Å². The van der Waals surface area contributed by atoms with E-state index in [0.29, 0.717) is 0 Å². The Kier molecular flexibility index (Phi) is 3.88. The van der Waals surface area contributed by atoms with E-state index in [0.717, 1.165) is 0 Å². The van der Waals surface area contributed by atoms with Crippen LogP contribution in [-0.2, 0) is 0 Å². The van der Waals surface area contributed by atoms with Crippen LogP contribution in [0.3, 0.4) is 0 Å². The fourth-order valence-electron chi connectivity index (χ4n) is 5.30. The van der Waals surface area contributed by atoms with Gasteiger partial charge in [0, 0.05) is 25.4 Å². The summed E-state index contributed by atoms with van der Waals surface area (Å²) in [6.07, 6.45) is 0. The lowest BCUT2D eigenvalue weighted by Gasteiger charge is -2.14. The van der Waals surface area contributed by atoms with Crippen LogP contribution in [0.15, 0.2) is 109 Å². The minimum Gasteiger partial charge on any atom is -0.309 e. The van der Waals surface area contributed by atoms with Crippen LogP contribution < -0.4 is 0 Å². The molecule has 150 valence electrons. The zero-order valence-electron chi connectivity index (χ0n) is 17.2. The molecule has 0 saturated carbocycles. The summed E-state index contributed by atoms with van der Waals surface area (Å²) in [7, 11) is 0. The summed E-state index contributed by atoms with van der Waals surface area (Å²) in [6, 6.07) is 39.9. The summed E-state index contributed by atoms with van der Waals surface area (Å²) in [5, 5.41) is 10.5. The number of nitrogens with zero attached hydrogens (tertiary/aromatic N) is 1. The second kappa shape index (κ2) is 6.81. The third-order valence-corrected chi connectivity index (χ3v) is 7.34. The van der Waals surface area contributed by atoms with Gasteiger partial charge < -0.3 is 4.57 Å². The molecule has 0 aliphatic carbocycles. The molecule has 7 rings (SSSR count). The topological polar surface area (TPSA) is 4.93 Å². The van der Waals surface area contributed by atoms with Crippen LogP contribution in [0.1, 0.15) is 0 Å². The van der Waals surface area contributed by atoms with E-state index in [1.807, 2.05) is 0 Å². The lowest BCUT2D eigenvalue weighted by molar-refractivity contribution is 1.18. The monoisotopic (exact) mass is 519 g/mol. The molecule has 0 spiro atoms. The molecule has 7 aromatic rings. The molecule has 1 nitrogen and oxygen atoms in total. The van der Waals surface area contributed by atoms with Gasteiger partial charge >= 0.3 is 0 Å². The van der Waals surface area contributed by atoms with E-state index in [4.69, 9.17) is 0 Å². The highest BCUT2D eigenvalue weighted by Gasteiger charge is 2.18. The first kappa shape index (κ1) is 18.2.